The molecule has 0 saturated carbocycles. The number of aromatic nitrogens is 2. The third-order valence-corrected chi connectivity index (χ3v) is 4.98. The average molecular weight is 360 g/mol. The molecule has 0 radical (unpaired) electrons. The molecule has 2 amide bonds. The molecule has 0 fully saturated rings. The molecule has 2 N–H and O–H groups in total. The third-order valence-electron chi connectivity index (χ3n) is 2.93. The number of carbonyl (C=O) groups is 1. The van der Waals surface area contributed by atoms with Crippen molar-refractivity contribution in [3.05, 3.63) is 66.0 Å². The molecule has 0 atom stereocenters. The molecule has 24 heavy (non-hydrogen) atoms. The monoisotopic (exact) mass is 360 g/mol. The normalized spacial score (nSPS) is 10.4. The lowest BCUT2D eigenvalue weighted by atomic mass is 10.2. The smallest absolute Gasteiger partial charge is 0.308 e. The number of nitrogens with one attached hydrogen (secondary N) is 2. The van der Waals surface area contributed by atoms with Gasteiger partial charge < -0.3 is 5.32 Å². The fraction of sp³-hybridized carbons (Fsp3) is 0.0625. The van der Waals surface area contributed by atoms with Crippen LogP contribution in [-0.2, 0) is 5.75 Å². The molecule has 0 saturated heterocycles. The Labute approximate surface area is 146 Å². The summed E-state index contributed by atoms with van der Waals surface area (Å²) in [6.45, 7) is 0. The van der Waals surface area contributed by atoms with Crippen LogP contribution >= 0.6 is 23.1 Å². The number of thioether (sulfide) groups is 1. The van der Waals surface area contributed by atoms with Crippen molar-refractivity contribution in [1.82, 2.24) is 10.2 Å². The minimum absolute atomic E-state index is 0.254. The molecule has 1 heterocycles. The van der Waals surface area contributed by atoms with E-state index in [1.165, 1.54) is 35.2 Å². The van der Waals surface area contributed by atoms with Gasteiger partial charge >= 0.3 is 6.03 Å². The molecule has 0 unspecified atom stereocenters. The molecule has 0 bridgehead atoms. The quantitative estimate of drug-likeness (QED) is 0.515. The van der Waals surface area contributed by atoms with E-state index in [1.54, 1.807) is 24.3 Å². The number of benzene rings is 2. The van der Waals surface area contributed by atoms with Crippen LogP contribution in [0.15, 0.2) is 58.9 Å². The lowest BCUT2D eigenvalue weighted by molar-refractivity contribution is 0.262. The number of rotatable bonds is 5. The topological polar surface area (TPSA) is 66.9 Å². The molecule has 2 aromatic carbocycles. The van der Waals surface area contributed by atoms with E-state index in [4.69, 9.17) is 0 Å². The number of hydrogen-bond acceptors (Lipinski definition) is 5. The summed E-state index contributed by atoms with van der Waals surface area (Å²) in [4.78, 5) is 11.9. The lowest BCUT2D eigenvalue weighted by Crippen LogP contribution is -2.19. The van der Waals surface area contributed by atoms with E-state index in [1.807, 2.05) is 18.2 Å². The predicted octanol–water partition coefficient (Wildman–Crippen LogP) is 4.61. The van der Waals surface area contributed by atoms with Gasteiger partial charge in [0.2, 0.25) is 5.13 Å². The van der Waals surface area contributed by atoms with Crippen molar-refractivity contribution in [2.45, 2.75) is 10.1 Å². The van der Waals surface area contributed by atoms with Crippen molar-refractivity contribution in [2.24, 2.45) is 0 Å². The number of amides is 2. The summed E-state index contributed by atoms with van der Waals surface area (Å²) < 4.78 is 13.6. The number of hydrogen-bond donors (Lipinski definition) is 2. The van der Waals surface area contributed by atoms with E-state index < -0.39 is 0 Å². The first-order chi connectivity index (χ1) is 11.7. The Bertz CT molecular complexity index is 808. The third kappa shape index (κ3) is 4.77. The highest BCUT2D eigenvalue weighted by atomic mass is 32.2. The Morgan fingerprint density at radius 3 is 2.54 bits per heavy atom. The minimum atomic E-state index is -0.368. The molecule has 122 valence electrons. The first-order valence-electron chi connectivity index (χ1n) is 7.03. The van der Waals surface area contributed by atoms with E-state index in [9.17, 15) is 9.18 Å². The maximum Gasteiger partial charge on any atom is 0.325 e. The fourth-order valence-electron chi connectivity index (χ4n) is 1.83. The van der Waals surface area contributed by atoms with Crippen molar-refractivity contribution in [3.63, 3.8) is 0 Å². The van der Waals surface area contributed by atoms with E-state index in [2.05, 4.69) is 20.8 Å². The van der Waals surface area contributed by atoms with Crippen LogP contribution in [0.1, 0.15) is 5.56 Å². The van der Waals surface area contributed by atoms with Crippen LogP contribution in [0.2, 0.25) is 0 Å². The van der Waals surface area contributed by atoms with Crippen LogP contribution in [0.5, 0.6) is 0 Å². The molecular weight excluding hydrogens is 347 g/mol. The molecule has 3 aromatic rings. The van der Waals surface area contributed by atoms with E-state index in [0.29, 0.717) is 16.6 Å². The zero-order chi connectivity index (χ0) is 16.8. The average Bonchev–Trinajstić information content (AvgIpc) is 3.02. The maximum atomic E-state index is 12.9. The van der Waals surface area contributed by atoms with Gasteiger partial charge in [0.25, 0.3) is 0 Å². The van der Waals surface area contributed by atoms with Gasteiger partial charge in [0, 0.05) is 11.4 Å². The molecule has 0 aliphatic rings. The number of nitrogens with zero attached hydrogens (tertiary/aromatic N) is 2. The summed E-state index contributed by atoms with van der Waals surface area (Å²) >= 11 is 2.77. The Hall–Kier alpha value is -2.45. The summed E-state index contributed by atoms with van der Waals surface area (Å²) in [5, 5.41) is 13.7. The van der Waals surface area contributed by atoms with Gasteiger partial charge in [-0.1, -0.05) is 53.4 Å². The highest BCUT2D eigenvalue weighted by molar-refractivity contribution is 8.00. The number of para-hydroxylation sites is 1. The van der Waals surface area contributed by atoms with Crippen molar-refractivity contribution in [1.29, 1.82) is 0 Å². The van der Waals surface area contributed by atoms with Crippen molar-refractivity contribution >= 4 is 39.9 Å². The fourth-order valence-corrected chi connectivity index (χ4v) is 3.53. The summed E-state index contributed by atoms with van der Waals surface area (Å²) in [6.07, 6.45) is 0. The van der Waals surface area contributed by atoms with Gasteiger partial charge in [-0.15, -0.1) is 10.2 Å². The Balaban J connectivity index is 1.51. The van der Waals surface area contributed by atoms with Gasteiger partial charge in [-0.3, -0.25) is 5.32 Å². The summed E-state index contributed by atoms with van der Waals surface area (Å²) in [5.41, 5.74) is 1.69. The first-order valence-corrected chi connectivity index (χ1v) is 8.83. The number of urea groups is 1. The van der Waals surface area contributed by atoms with Gasteiger partial charge in [-0.25, -0.2) is 9.18 Å². The second-order valence-electron chi connectivity index (χ2n) is 4.73. The molecule has 5 nitrogen and oxygen atoms in total. The molecular formula is C16H13FN4OS2. The molecule has 8 heteroatoms. The molecule has 0 aliphatic carbocycles. The molecule has 3 rings (SSSR count). The molecule has 1 aromatic heterocycles. The maximum absolute atomic E-state index is 12.9. The second-order valence-corrected chi connectivity index (χ2v) is 6.93. The molecule has 0 spiro atoms. The zero-order valence-corrected chi connectivity index (χ0v) is 14.0. The number of halogens is 1. The van der Waals surface area contributed by atoms with Crippen LogP contribution in [-0.4, -0.2) is 16.2 Å². The van der Waals surface area contributed by atoms with E-state index in [0.717, 1.165) is 9.90 Å². The van der Waals surface area contributed by atoms with Crippen LogP contribution < -0.4 is 10.6 Å². The highest BCUT2D eigenvalue weighted by Gasteiger charge is 2.09. The minimum Gasteiger partial charge on any atom is -0.308 e. The van der Waals surface area contributed by atoms with Gasteiger partial charge in [-0.2, -0.15) is 0 Å². The van der Waals surface area contributed by atoms with Crippen LogP contribution in [0.3, 0.4) is 0 Å². The summed E-state index contributed by atoms with van der Waals surface area (Å²) in [5.74, 6) is 0.404. The van der Waals surface area contributed by atoms with Crippen molar-refractivity contribution in [2.75, 3.05) is 10.6 Å². The standard InChI is InChI=1S/C16H13FN4OS2/c17-12-8-6-11(7-9-12)10-23-16-21-20-15(24-16)19-14(22)18-13-4-2-1-3-5-13/h1-9H,10H2,(H2,18,19,20,22). The van der Waals surface area contributed by atoms with E-state index >= 15 is 0 Å². The van der Waals surface area contributed by atoms with E-state index in [-0.39, 0.29) is 11.8 Å². The largest absolute Gasteiger partial charge is 0.325 e. The van der Waals surface area contributed by atoms with Gasteiger partial charge in [0.1, 0.15) is 5.82 Å². The lowest BCUT2D eigenvalue weighted by Gasteiger charge is -2.03. The van der Waals surface area contributed by atoms with Crippen LogP contribution in [0.25, 0.3) is 0 Å². The Morgan fingerprint density at radius 1 is 1.04 bits per heavy atom. The summed E-state index contributed by atoms with van der Waals surface area (Å²) in [6, 6.07) is 15.1. The number of carbonyl (C=O) groups excluding carboxylic acids is 1. The predicted molar refractivity (Wildman–Crippen MR) is 95.0 cm³/mol. The van der Waals surface area contributed by atoms with Gasteiger partial charge in [0.05, 0.1) is 0 Å². The van der Waals surface area contributed by atoms with Gasteiger partial charge in [0.15, 0.2) is 4.34 Å². The zero-order valence-electron chi connectivity index (χ0n) is 12.4. The second kappa shape index (κ2) is 7.89. The van der Waals surface area contributed by atoms with Crippen LogP contribution in [0, 0.1) is 5.82 Å². The first kappa shape index (κ1) is 16.4. The van der Waals surface area contributed by atoms with Gasteiger partial charge in [-0.05, 0) is 29.8 Å². The summed E-state index contributed by atoms with van der Waals surface area (Å²) in [7, 11) is 0. The number of anilines is 2. The Kier molecular flexibility index (Phi) is 5.39. The van der Waals surface area contributed by atoms with Crippen LogP contribution in [0.4, 0.5) is 20.0 Å². The SMILES string of the molecule is O=C(Nc1ccccc1)Nc1nnc(SCc2ccc(F)cc2)s1. The van der Waals surface area contributed by atoms with Crippen molar-refractivity contribution < 1.29 is 9.18 Å². The molecule has 0 aliphatic heterocycles. The highest BCUT2D eigenvalue weighted by Crippen LogP contribution is 2.28. The van der Waals surface area contributed by atoms with Crippen molar-refractivity contribution in [3.8, 4) is 0 Å². The Morgan fingerprint density at radius 2 is 1.79 bits per heavy atom.